The van der Waals surface area contributed by atoms with Gasteiger partial charge in [-0.2, -0.15) is 0 Å². The summed E-state index contributed by atoms with van der Waals surface area (Å²) in [4.78, 5) is 10.5. The van der Waals surface area contributed by atoms with Crippen LogP contribution in [-0.2, 0) is 6.54 Å². The number of hydrogen-bond donors (Lipinski definition) is 0. The van der Waals surface area contributed by atoms with E-state index in [1.807, 2.05) is 17.5 Å². The molecule has 0 aliphatic heterocycles. The van der Waals surface area contributed by atoms with E-state index < -0.39 is 0 Å². The van der Waals surface area contributed by atoms with Gasteiger partial charge in [-0.15, -0.1) is 11.3 Å². The highest BCUT2D eigenvalue weighted by Crippen LogP contribution is 2.23. The summed E-state index contributed by atoms with van der Waals surface area (Å²) in [5, 5.41) is 2.04. The monoisotopic (exact) mass is 307 g/mol. The van der Waals surface area contributed by atoms with E-state index in [0.29, 0.717) is 0 Å². The molecule has 4 nitrogen and oxygen atoms in total. The Labute approximate surface area is 131 Å². The lowest BCUT2D eigenvalue weighted by Crippen LogP contribution is -2.34. The zero-order valence-corrected chi connectivity index (χ0v) is 14.0. The molecule has 0 bridgehead atoms. The van der Waals surface area contributed by atoms with Crippen molar-refractivity contribution < 1.29 is 4.42 Å². The largest absolute Gasteiger partial charge is 0.444 e. The molecule has 2 heterocycles. The minimum Gasteiger partial charge on any atom is -0.444 e. The highest BCUT2D eigenvalue weighted by Gasteiger charge is 2.11. The van der Waals surface area contributed by atoms with Crippen LogP contribution in [0, 0.1) is 0 Å². The Morgan fingerprint density at radius 2 is 1.81 bits per heavy atom. The number of rotatable bonds is 9. The lowest BCUT2D eigenvalue weighted by molar-refractivity contribution is 0.213. The van der Waals surface area contributed by atoms with Crippen LogP contribution in [0.3, 0.4) is 0 Å². The fourth-order valence-electron chi connectivity index (χ4n) is 2.29. The molecule has 2 aromatic heterocycles. The van der Waals surface area contributed by atoms with Gasteiger partial charge in [0.25, 0.3) is 0 Å². The molecule has 0 fully saturated rings. The Hall–Kier alpha value is -1.17. The van der Waals surface area contributed by atoms with E-state index in [0.717, 1.165) is 55.7 Å². The summed E-state index contributed by atoms with van der Waals surface area (Å²) in [6.07, 6.45) is 1.79. The number of hydrogen-bond acceptors (Lipinski definition) is 5. The average molecular weight is 307 g/mol. The summed E-state index contributed by atoms with van der Waals surface area (Å²) >= 11 is 1.66. The molecule has 0 aliphatic rings. The second kappa shape index (κ2) is 8.32. The maximum Gasteiger partial charge on any atom is 0.236 e. The van der Waals surface area contributed by atoms with E-state index in [2.05, 4.69) is 35.6 Å². The number of nitrogens with zero attached hydrogens (tertiary/aromatic N) is 3. The molecule has 2 rings (SSSR count). The second-order valence-corrected chi connectivity index (χ2v) is 5.96. The van der Waals surface area contributed by atoms with E-state index in [-0.39, 0.29) is 0 Å². The Morgan fingerprint density at radius 3 is 2.43 bits per heavy atom. The van der Waals surface area contributed by atoms with Gasteiger partial charge >= 0.3 is 0 Å². The third-order valence-corrected chi connectivity index (χ3v) is 4.60. The molecule has 5 heteroatoms. The number of likely N-dealkylation sites (N-methyl/N-ethyl adjacent to an activating group) is 2. The van der Waals surface area contributed by atoms with Crippen LogP contribution < -0.4 is 0 Å². The summed E-state index contributed by atoms with van der Waals surface area (Å²) in [5.74, 6) is 0.736. The highest BCUT2D eigenvalue weighted by molar-refractivity contribution is 7.13. The van der Waals surface area contributed by atoms with Gasteiger partial charge in [0.1, 0.15) is 6.26 Å². The Balaban J connectivity index is 1.90. The quantitative estimate of drug-likeness (QED) is 0.709. The van der Waals surface area contributed by atoms with Crippen molar-refractivity contribution in [3.8, 4) is 10.8 Å². The van der Waals surface area contributed by atoms with Gasteiger partial charge in [0.2, 0.25) is 5.89 Å². The van der Waals surface area contributed by atoms with Crippen LogP contribution in [0.4, 0.5) is 0 Å². The van der Waals surface area contributed by atoms with Crippen molar-refractivity contribution in [3.05, 3.63) is 29.5 Å². The first-order chi connectivity index (χ1) is 10.3. The summed E-state index contributed by atoms with van der Waals surface area (Å²) in [7, 11) is 0. The fraction of sp³-hybridized carbons (Fsp3) is 0.562. The Morgan fingerprint density at radius 1 is 1.10 bits per heavy atom. The molecule has 0 radical (unpaired) electrons. The van der Waals surface area contributed by atoms with Gasteiger partial charge in [-0.3, -0.25) is 4.90 Å². The van der Waals surface area contributed by atoms with Crippen molar-refractivity contribution in [3.63, 3.8) is 0 Å². The van der Waals surface area contributed by atoms with Gasteiger partial charge in [0, 0.05) is 19.6 Å². The first-order valence-corrected chi connectivity index (χ1v) is 8.57. The van der Waals surface area contributed by atoms with Crippen LogP contribution in [-0.4, -0.2) is 47.5 Å². The smallest absolute Gasteiger partial charge is 0.236 e. The first-order valence-electron chi connectivity index (χ1n) is 7.69. The Bertz CT molecular complexity index is 505. The third-order valence-electron chi connectivity index (χ3n) is 3.74. The van der Waals surface area contributed by atoms with E-state index in [4.69, 9.17) is 4.42 Å². The van der Waals surface area contributed by atoms with Crippen LogP contribution in [0.2, 0.25) is 0 Å². The first kappa shape index (κ1) is 16.2. The molecule has 0 N–H and O–H groups in total. The van der Waals surface area contributed by atoms with E-state index in [9.17, 15) is 0 Å². The molecule has 0 amide bonds. The maximum absolute atomic E-state index is 5.58. The van der Waals surface area contributed by atoms with E-state index >= 15 is 0 Å². The summed E-state index contributed by atoms with van der Waals surface area (Å²) in [6.45, 7) is 12.9. The number of oxazole rings is 1. The topological polar surface area (TPSA) is 32.5 Å². The van der Waals surface area contributed by atoms with Gasteiger partial charge in [-0.1, -0.05) is 26.8 Å². The minimum absolute atomic E-state index is 0.736. The van der Waals surface area contributed by atoms with Crippen molar-refractivity contribution in [2.75, 3.05) is 32.7 Å². The molecular weight excluding hydrogens is 282 g/mol. The zero-order chi connectivity index (χ0) is 15.1. The van der Waals surface area contributed by atoms with Crippen LogP contribution in [0.15, 0.2) is 28.2 Å². The molecule has 116 valence electrons. The molecular formula is C16H25N3OS. The second-order valence-electron chi connectivity index (χ2n) is 5.02. The summed E-state index contributed by atoms with van der Waals surface area (Å²) < 4.78 is 5.58. The van der Waals surface area contributed by atoms with Gasteiger partial charge < -0.3 is 9.32 Å². The highest BCUT2D eigenvalue weighted by atomic mass is 32.1. The molecule has 0 saturated heterocycles. The molecule has 0 unspecified atom stereocenters. The van der Waals surface area contributed by atoms with Gasteiger partial charge in [-0.25, -0.2) is 4.98 Å². The molecule has 0 spiro atoms. The molecule has 21 heavy (non-hydrogen) atoms. The zero-order valence-electron chi connectivity index (χ0n) is 13.2. The molecule has 0 aromatic carbocycles. The summed E-state index contributed by atoms with van der Waals surface area (Å²) in [6, 6.07) is 4.06. The molecule has 0 aliphatic carbocycles. The molecule has 0 atom stereocenters. The SMILES string of the molecule is CCN(CC)CCN(CC)Cc1coc(-c2cccs2)n1. The number of aromatic nitrogens is 1. The van der Waals surface area contributed by atoms with Gasteiger partial charge in [0.05, 0.1) is 10.6 Å². The molecule has 2 aromatic rings. The fourth-order valence-corrected chi connectivity index (χ4v) is 2.95. The lowest BCUT2D eigenvalue weighted by Gasteiger charge is -2.24. The van der Waals surface area contributed by atoms with Crippen molar-refractivity contribution in [2.45, 2.75) is 27.3 Å². The maximum atomic E-state index is 5.58. The van der Waals surface area contributed by atoms with Crippen LogP contribution in [0.5, 0.6) is 0 Å². The van der Waals surface area contributed by atoms with E-state index in [1.165, 1.54) is 0 Å². The van der Waals surface area contributed by atoms with Crippen molar-refractivity contribution >= 4 is 11.3 Å². The third kappa shape index (κ3) is 4.66. The van der Waals surface area contributed by atoms with Crippen molar-refractivity contribution in [1.29, 1.82) is 0 Å². The standard InChI is InChI=1S/C16H25N3OS/c1-4-18(5-2)9-10-19(6-3)12-14-13-20-16(17-14)15-8-7-11-21-15/h7-8,11,13H,4-6,9-10,12H2,1-3H3. The van der Waals surface area contributed by atoms with Crippen molar-refractivity contribution in [2.24, 2.45) is 0 Å². The predicted octanol–water partition coefficient (Wildman–Crippen LogP) is 3.57. The predicted molar refractivity (Wildman–Crippen MR) is 88.6 cm³/mol. The Kier molecular flexibility index (Phi) is 6.42. The number of thiophene rings is 1. The van der Waals surface area contributed by atoms with Crippen molar-refractivity contribution in [1.82, 2.24) is 14.8 Å². The van der Waals surface area contributed by atoms with Gasteiger partial charge in [-0.05, 0) is 31.1 Å². The normalized spacial score (nSPS) is 11.7. The van der Waals surface area contributed by atoms with Crippen LogP contribution in [0.25, 0.3) is 10.8 Å². The van der Waals surface area contributed by atoms with Gasteiger partial charge in [0.15, 0.2) is 0 Å². The lowest BCUT2D eigenvalue weighted by atomic mass is 10.3. The van der Waals surface area contributed by atoms with Crippen LogP contribution >= 0.6 is 11.3 Å². The van der Waals surface area contributed by atoms with Crippen LogP contribution in [0.1, 0.15) is 26.5 Å². The average Bonchev–Trinajstić information content (AvgIpc) is 3.18. The minimum atomic E-state index is 0.736. The van der Waals surface area contributed by atoms with E-state index in [1.54, 1.807) is 17.6 Å². The summed E-state index contributed by atoms with van der Waals surface area (Å²) in [5.41, 5.74) is 1.01. The molecule has 0 saturated carbocycles.